The van der Waals surface area contributed by atoms with Gasteiger partial charge in [0, 0.05) is 31.6 Å². The van der Waals surface area contributed by atoms with Gasteiger partial charge in [-0.2, -0.15) is 0 Å². The van der Waals surface area contributed by atoms with Gasteiger partial charge in [0.2, 0.25) is 11.8 Å². The number of piperidine rings is 2. The summed E-state index contributed by atoms with van der Waals surface area (Å²) in [5, 5.41) is 6.55. The standard InChI is InChI=1S/C17H31N3O2/c1-4-12(2)17(22)20-9-5-6-14(11-20)16(21)19-15-10-18-8-7-13(15)3/h12-15,18H,4-11H2,1-3H3,(H,19,21). The van der Waals surface area contributed by atoms with E-state index in [0.29, 0.717) is 12.5 Å². The van der Waals surface area contributed by atoms with Crippen molar-refractivity contribution in [2.75, 3.05) is 26.2 Å². The lowest BCUT2D eigenvalue weighted by atomic mass is 9.92. The normalized spacial score (nSPS) is 30.7. The highest BCUT2D eigenvalue weighted by molar-refractivity contribution is 5.82. The molecule has 2 aliphatic rings. The molecule has 126 valence electrons. The molecule has 0 aromatic rings. The van der Waals surface area contributed by atoms with Crippen molar-refractivity contribution in [3.8, 4) is 0 Å². The molecule has 22 heavy (non-hydrogen) atoms. The molecule has 0 radical (unpaired) electrons. The first-order valence-electron chi connectivity index (χ1n) is 8.82. The lowest BCUT2D eigenvalue weighted by Gasteiger charge is -2.36. The molecule has 4 unspecified atom stereocenters. The molecule has 2 amide bonds. The molecule has 2 saturated heterocycles. The predicted molar refractivity (Wildman–Crippen MR) is 87.3 cm³/mol. The molecule has 4 atom stereocenters. The summed E-state index contributed by atoms with van der Waals surface area (Å²) in [4.78, 5) is 26.8. The van der Waals surface area contributed by atoms with Crippen LogP contribution in [-0.4, -0.2) is 48.9 Å². The second-order valence-corrected chi connectivity index (χ2v) is 7.02. The Morgan fingerprint density at radius 3 is 2.82 bits per heavy atom. The van der Waals surface area contributed by atoms with Gasteiger partial charge in [-0.1, -0.05) is 20.8 Å². The second-order valence-electron chi connectivity index (χ2n) is 7.02. The van der Waals surface area contributed by atoms with Crippen molar-refractivity contribution in [3.05, 3.63) is 0 Å². The van der Waals surface area contributed by atoms with Crippen LogP contribution < -0.4 is 10.6 Å². The van der Waals surface area contributed by atoms with Crippen molar-refractivity contribution in [2.45, 2.75) is 52.5 Å². The first kappa shape index (κ1) is 17.3. The van der Waals surface area contributed by atoms with Crippen LogP contribution in [0, 0.1) is 17.8 Å². The first-order valence-corrected chi connectivity index (χ1v) is 8.82. The van der Waals surface area contributed by atoms with Gasteiger partial charge in [-0.05, 0) is 38.1 Å². The number of carbonyl (C=O) groups is 2. The zero-order valence-electron chi connectivity index (χ0n) is 14.2. The van der Waals surface area contributed by atoms with Gasteiger partial charge >= 0.3 is 0 Å². The van der Waals surface area contributed by atoms with Crippen molar-refractivity contribution in [2.24, 2.45) is 17.8 Å². The van der Waals surface area contributed by atoms with Gasteiger partial charge in [-0.25, -0.2) is 0 Å². The minimum absolute atomic E-state index is 0.0455. The molecular formula is C17H31N3O2. The van der Waals surface area contributed by atoms with Gasteiger partial charge in [-0.3, -0.25) is 9.59 Å². The van der Waals surface area contributed by atoms with E-state index in [1.54, 1.807) is 0 Å². The summed E-state index contributed by atoms with van der Waals surface area (Å²) in [6.07, 6.45) is 3.79. The van der Waals surface area contributed by atoms with Gasteiger partial charge in [0.1, 0.15) is 0 Å². The molecule has 0 spiro atoms. The molecular weight excluding hydrogens is 278 g/mol. The SMILES string of the molecule is CCC(C)C(=O)N1CCCC(C(=O)NC2CNCCC2C)C1. The number of nitrogens with one attached hydrogen (secondary N) is 2. The highest BCUT2D eigenvalue weighted by atomic mass is 16.2. The highest BCUT2D eigenvalue weighted by Gasteiger charge is 2.32. The van der Waals surface area contributed by atoms with Crippen molar-refractivity contribution in [3.63, 3.8) is 0 Å². The number of carbonyl (C=O) groups excluding carboxylic acids is 2. The summed E-state index contributed by atoms with van der Waals surface area (Å²) in [5.41, 5.74) is 0. The average Bonchev–Trinajstić information content (AvgIpc) is 2.55. The van der Waals surface area contributed by atoms with Crippen LogP contribution in [0.1, 0.15) is 46.5 Å². The molecule has 2 aliphatic heterocycles. The number of hydrogen-bond acceptors (Lipinski definition) is 3. The minimum Gasteiger partial charge on any atom is -0.352 e. The smallest absolute Gasteiger partial charge is 0.225 e. The summed E-state index contributed by atoms with van der Waals surface area (Å²) >= 11 is 0. The quantitative estimate of drug-likeness (QED) is 0.825. The molecule has 5 heteroatoms. The van der Waals surface area contributed by atoms with Crippen LogP contribution >= 0.6 is 0 Å². The van der Waals surface area contributed by atoms with Gasteiger partial charge in [0.05, 0.1) is 5.92 Å². The Labute approximate surface area is 134 Å². The Hall–Kier alpha value is -1.10. The van der Waals surface area contributed by atoms with E-state index >= 15 is 0 Å². The first-order chi connectivity index (χ1) is 10.5. The topological polar surface area (TPSA) is 61.4 Å². The summed E-state index contributed by atoms with van der Waals surface area (Å²) in [6, 6.07) is 0.224. The Balaban J connectivity index is 1.88. The third-order valence-corrected chi connectivity index (χ3v) is 5.29. The van der Waals surface area contributed by atoms with E-state index in [4.69, 9.17) is 0 Å². The highest BCUT2D eigenvalue weighted by Crippen LogP contribution is 2.20. The third kappa shape index (κ3) is 4.22. The van der Waals surface area contributed by atoms with Gasteiger partial charge < -0.3 is 15.5 Å². The lowest BCUT2D eigenvalue weighted by molar-refractivity contribution is -0.139. The Kier molecular flexibility index (Phi) is 6.24. The Morgan fingerprint density at radius 2 is 2.14 bits per heavy atom. The fraction of sp³-hybridized carbons (Fsp3) is 0.882. The van der Waals surface area contributed by atoms with Crippen LogP contribution in [0.3, 0.4) is 0 Å². The van der Waals surface area contributed by atoms with Crippen molar-refractivity contribution >= 4 is 11.8 Å². The van der Waals surface area contributed by atoms with E-state index in [9.17, 15) is 9.59 Å². The predicted octanol–water partition coefficient (Wildman–Crippen LogP) is 1.39. The fourth-order valence-corrected chi connectivity index (χ4v) is 3.36. The van der Waals surface area contributed by atoms with Crippen LogP contribution in [0.2, 0.25) is 0 Å². The van der Waals surface area contributed by atoms with E-state index in [1.807, 2.05) is 18.7 Å². The van der Waals surface area contributed by atoms with E-state index < -0.39 is 0 Å². The van der Waals surface area contributed by atoms with Crippen LogP contribution in [0.4, 0.5) is 0 Å². The zero-order chi connectivity index (χ0) is 16.1. The molecule has 5 nitrogen and oxygen atoms in total. The summed E-state index contributed by atoms with van der Waals surface area (Å²) < 4.78 is 0. The number of amides is 2. The average molecular weight is 309 g/mol. The van der Waals surface area contributed by atoms with Crippen molar-refractivity contribution in [1.29, 1.82) is 0 Å². The van der Waals surface area contributed by atoms with E-state index in [2.05, 4.69) is 17.6 Å². The Bertz CT molecular complexity index is 399. The zero-order valence-corrected chi connectivity index (χ0v) is 14.2. The molecule has 2 rings (SSSR count). The lowest BCUT2D eigenvalue weighted by Crippen LogP contribution is -2.54. The molecule has 2 N–H and O–H groups in total. The summed E-state index contributed by atoms with van der Waals surface area (Å²) in [7, 11) is 0. The molecule has 2 fully saturated rings. The van der Waals surface area contributed by atoms with Gasteiger partial charge in [0.15, 0.2) is 0 Å². The second kappa shape index (κ2) is 7.95. The number of rotatable bonds is 4. The molecule has 0 bridgehead atoms. The number of likely N-dealkylation sites (tertiary alicyclic amines) is 1. The van der Waals surface area contributed by atoms with Crippen LogP contribution in [0.5, 0.6) is 0 Å². The molecule has 0 saturated carbocycles. The third-order valence-electron chi connectivity index (χ3n) is 5.29. The Morgan fingerprint density at radius 1 is 1.36 bits per heavy atom. The minimum atomic E-state index is -0.0455. The summed E-state index contributed by atoms with van der Waals surface area (Å²) in [5.74, 6) is 0.863. The summed E-state index contributed by atoms with van der Waals surface area (Å²) in [6.45, 7) is 9.49. The number of hydrogen-bond donors (Lipinski definition) is 2. The van der Waals surface area contributed by atoms with Crippen LogP contribution in [0.15, 0.2) is 0 Å². The van der Waals surface area contributed by atoms with E-state index in [0.717, 1.165) is 45.3 Å². The fourth-order valence-electron chi connectivity index (χ4n) is 3.36. The maximum absolute atomic E-state index is 12.5. The van der Waals surface area contributed by atoms with E-state index in [-0.39, 0.29) is 29.7 Å². The maximum Gasteiger partial charge on any atom is 0.225 e. The van der Waals surface area contributed by atoms with Crippen LogP contribution in [0.25, 0.3) is 0 Å². The van der Waals surface area contributed by atoms with Crippen molar-refractivity contribution in [1.82, 2.24) is 15.5 Å². The molecule has 2 heterocycles. The largest absolute Gasteiger partial charge is 0.352 e. The van der Waals surface area contributed by atoms with Gasteiger partial charge in [-0.15, -0.1) is 0 Å². The number of nitrogens with zero attached hydrogens (tertiary/aromatic N) is 1. The van der Waals surface area contributed by atoms with Crippen LogP contribution in [-0.2, 0) is 9.59 Å². The van der Waals surface area contributed by atoms with Crippen molar-refractivity contribution < 1.29 is 9.59 Å². The maximum atomic E-state index is 12.5. The monoisotopic (exact) mass is 309 g/mol. The molecule has 0 aromatic carbocycles. The molecule has 0 aromatic heterocycles. The molecule has 0 aliphatic carbocycles. The van der Waals surface area contributed by atoms with E-state index in [1.165, 1.54) is 0 Å². The van der Waals surface area contributed by atoms with Gasteiger partial charge in [0.25, 0.3) is 0 Å².